The molecule has 2 heterocycles. The van der Waals surface area contributed by atoms with E-state index >= 15 is 0 Å². The van der Waals surface area contributed by atoms with Crippen LogP contribution in [0.3, 0.4) is 0 Å². The summed E-state index contributed by atoms with van der Waals surface area (Å²) in [4.78, 5) is 19.1. The number of phenolic OH excluding ortho intramolecular Hbond substituents is 1. The maximum atomic E-state index is 13.0. The van der Waals surface area contributed by atoms with Crippen LogP contribution < -0.4 is 4.74 Å². The Kier molecular flexibility index (Phi) is 5.36. The Labute approximate surface area is 170 Å². The number of hydrogen-bond donors (Lipinski definition) is 3. The third kappa shape index (κ3) is 3.82. The monoisotopic (exact) mass is 397 g/mol. The molecule has 0 spiro atoms. The minimum absolute atomic E-state index is 0.0141. The van der Waals surface area contributed by atoms with Crippen LogP contribution in [0.5, 0.6) is 11.5 Å². The van der Waals surface area contributed by atoms with Crippen molar-refractivity contribution in [3.63, 3.8) is 0 Å². The molecule has 0 fully saturated rings. The average Bonchev–Trinajstić information content (AvgIpc) is 2.95. The summed E-state index contributed by atoms with van der Waals surface area (Å²) in [6.07, 6.45) is 0. The highest BCUT2D eigenvalue weighted by Crippen LogP contribution is 2.39. The summed E-state index contributed by atoms with van der Waals surface area (Å²) in [5, 5.41) is 28.3. The molecule has 0 atom stereocenters. The zero-order valence-electron chi connectivity index (χ0n) is 17.5. The van der Waals surface area contributed by atoms with E-state index in [4.69, 9.17) is 10.1 Å². The topological polar surface area (TPSA) is 107 Å². The van der Waals surface area contributed by atoms with Gasteiger partial charge in [0.1, 0.15) is 11.5 Å². The van der Waals surface area contributed by atoms with Crippen molar-refractivity contribution in [3.05, 3.63) is 51.8 Å². The standard InChI is InChI=1S/C22H27N3O4/c1-12-15(11-26)6-14-9-25(21(23)19(14)24-12)10-17(27)13-7-16(22(2,3)4)20(28)18(8-13)29-5/h6-8,23,26,28H,9-11H2,1-5H3. The van der Waals surface area contributed by atoms with E-state index in [2.05, 4.69) is 4.98 Å². The lowest BCUT2D eigenvalue weighted by Crippen LogP contribution is -2.30. The lowest BCUT2D eigenvalue weighted by Gasteiger charge is -2.23. The number of nitrogens with zero attached hydrogens (tertiary/aromatic N) is 2. The van der Waals surface area contributed by atoms with Gasteiger partial charge in [-0.25, -0.2) is 4.98 Å². The molecular weight excluding hydrogens is 370 g/mol. The Bertz CT molecular complexity index is 993. The van der Waals surface area contributed by atoms with Gasteiger partial charge in [-0.3, -0.25) is 10.2 Å². The van der Waals surface area contributed by atoms with Crippen LogP contribution in [0.25, 0.3) is 0 Å². The number of carbonyl (C=O) groups is 1. The number of aromatic hydroxyl groups is 1. The van der Waals surface area contributed by atoms with Crippen LogP contribution in [-0.4, -0.2) is 45.4 Å². The molecule has 3 N–H and O–H groups in total. The summed E-state index contributed by atoms with van der Waals surface area (Å²) < 4.78 is 5.26. The minimum atomic E-state index is -0.369. The molecule has 7 nitrogen and oxygen atoms in total. The predicted molar refractivity (Wildman–Crippen MR) is 110 cm³/mol. The smallest absolute Gasteiger partial charge is 0.182 e. The van der Waals surface area contributed by atoms with Gasteiger partial charge in [0.15, 0.2) is 17.3 Å². The van der Waals surface area contributed by atoms with Gasteiger partial charge in [0, 0.05) is 28.9 Å². The number of nitrogens with one attached hydrogen (secondary N) is 1. The van der Waals surface area contributed by atoms with E-state index < -0.39 is 0 Å². The van der Waals surface area contributed by atoms with E-state index in [1.165, 1.54) is 13.2 Å². The van der Waals surface area contributed by atoms with Crippen molar-refractivity contribution in [1.29, 1.82) is 5.41 Å². The molecule has 0 saturated heterocycles. The van der Waals surface area contributed by atoms with Crippen molar-refractivity contribution < 1.29 is 19.7 Å². The summed E-state index contributed by atoms with van der Waals surface area (Å²) >= 11 is 0. The van der Waals surface area contributed by atoms with Crippen LogP contribution in [0.15, 0.2) is 18.2 Å². The number of ether oxygens (including phenoxy) is 1. The van der Waals surface area contributed by atoms with Gasteiger partial charge in [-0.05, 0) is 36.1 Å². The van der Waals surface area contributed by atoms with Crippen molar-refractivity contribution in [1.82, 2.24) is 9.88 Å². The fourth-order valence-electron chi connectivity index (χ4n) is 3.51. The Morgan fingerprint density at radius 2 is 2.00 bits per heavy atom. The number of aromatic nitrogens is 1. The second kappa shape index (κ2) is 7.48. The molecule has 154 valence electrons. The van der Waals surface area contributed by atoms with Crippen molar-refractivity contribution in [2.75, 3.05) is 13.7 Å². The fourth-order valence-corrected chi connectivity index (χ4v) is 3.51. The number of benzene rings is 1. The van der Waals surface area contributed by atoms with Crippen molar-refractivity contribution in [2.24, 2.45) is 0 Å². The molecule has 2 aromatic rings. The van der Waals surface area contributed by atoms with Crippen LogP contribution in [0.4, 0.5) is 0 Å². The summed E-state index contributed by atoms with van der Waals surface area (Å²) in [7, 11) is 1.45. The van der Waals surface area contributed by atoms with Crippen molar-refractivity contribution in [2.45, 2.75) is 46.3 Å². The molecule has 1 aliphatic rings. The van der Waals surface area contributed by atoms with Crippen LogP contribution in [-0.2, 0) is 18.6 Å². The second-order valence-electron chi connectivity index (χ2n) is 8.35. The molecule has 0 saturated carbocycles. The maximum absolute atomic E-state index is 13.0. The maximum Gasteiger partial charge on any atom is 0.182 e. The van der Waals surface area contributed by atoms with Gasteiger partial charge in [0.05, 0.1) is 20.3 Å². The largest absolute Gasteiger partial charge is 0.504 e. The number of aliphatic hydroxyl groups excluding tert-OH is 1. The van der Waals surface area contributed by atoms with Gasteiger partial charge >= 0.3 is 0 Å². The summed E-state index contributed by atoms with van der Waals surface area (Å²) in [5.74, 6) is 0.313. The minimum Gasteiger partial charge on any atom is -0.504 e. The fraction of sp³-hybridized carbons (Fsp3) is 0.409. The number of aliphatic hydroxyl groups is 1. The quantitative estimate of drug-likeness (QED) is 0.670. The van der Waals surface area contributed by atoms with Gasteiger partial charge in [-0.15, -0.1) is 0 Å². The number of pyridine rings is 1. The number of amidine groups is 1. The first kappa shape index (κ1) is 20.8. The molecule has 0 aliphatic carbocycles. The molecule has 1 aromatic carbocycles. The molecule has 1 aliphatic heterocycles. The van der Waals surface area contributed by atoms with Crippen LogP contribution in [0, 0.1) is 12.3 Å². The van der Waals surface area contributed by atoms with Gasteiger partial charge < -0.3 is 19.8 Å². The number of Topliss-reactive ketones (excluding diaryl/α,β-unsaturated/α-hetero) is 1. The Hall–Kier alpha value is -2.93. The summed E-state index contributed by atoms with van der Waals surface area (Å²) in [6.45, 7) is 7.95. The Morgan fingerprint density at radius 1 is 1.31 bits per heavy atom. The normalized spacial score (nSPS) is 13.6. The van der Waals surface area contributed by atoms with E-state index in [1.54, 1.807) is 17.9 Å². The molecule has 0 radical (unpaired) electrons. The highest BCUT2D eigenvalue weighted by atomic mass is 16.5. The van der Waals surface area contributed by atoms with Gasteiger partial charge in [-0.1, -0.05) is 20.8 Å². The number of fused-ring (bicyclic) bond motifs is 1. The van der Waals surface area contributed by atoms with Crippen LogP contribution in [0.2, 0.25) is 0 Å². The first-order chi connectivity index (χ1) is 13.6. The average molecular weight is 397 g/mol. The summed E-state index contributed by atoms with van der Waals surface area (Å²) in [5.41, 5.74) is 3.47. The number of hydrogen-bond acceptors (Lipinski definition) is 6. The lowest BCUT2D eigenvalue weighted by atomic mass is 9.84. The third-order valence-corrected chi connectivity index (χ3v) is 5.23. The summed E-state index contributed by atoms with van der Waals surface area (Å²) in [6, 6.07) is 5.07. The number of methoxy groups -OCH3 is 1. The van der Waals surface area contributed by atoms with Crippen molar-refractivity contribution in [3.8, 4) is 11.5 Å². The van der Waals surface area contributed by atoms with E-state index in [1.807, 2.05) is 26.8 Å². The molecule has 0 unspecified atom stereocenters. The van der Waals surface area contributed by atoms with E-state index in [9.17, 15) is 15.0 Å². The molecule has 0 bridgehead atoms. The zero-order valence-corrected chi connectivity index (χ0v) is 17.5. The highest BCUT2D eigenvalue weighted by molar-refractivity contribution is 6.04. The molecule has 7 heteroatoms. The zero-order chi connectivity index (χ0) is 21.5. The first-order valence-corrected chi connectivity index (χ1v) is 9.45. The molecule has 29 heavy (non-hydrogen) atoms. The first-order valence-electron chi connectivity index (χ1n) is 9.45. The van der Waals surface area contributed by atoms with E-state index in [0.717, 1.165) is 11.1 Å². The lowest BCUT2D eigenvalue weighted by molar-refractivity contribution is 0.0962. The Balaban J connectivity index is 1.89. The Morgan fingerprint density at radius 3 is 2.59 bits per heavy atom. The van der Waals surface area contributed by atoms with E-state index in [-0.39, 0.29) is 41.7 Å². The van der Waals surface area contributed by atoms with Crippen molar-refractivity contribution >= 4 is 11.6 Å². The second-order valence-corrected chi connectivity index (χ2v) is 8.35. The van der Waals surface area contributed by atoms with Gasteiger partial charge in [0.2, 0.25) is 0 Å². The van der Waals surface area contributed by atoms with Crippen LogP contribution in [0.1, 0.15) is 59.2 Å². The van der Waals surface area contributed by atoms with E-state index in [0.29, 0.717) is 29.1 Å². The molecule has 0 amide bonds. The third-order valence-electron chi connectivity index (χ3n) is 5.23. The molecular formula is C22H27N3O4. The number of aryl methyl sites for hydroxylation is 1. The van der Waals surface area contributed by atoms with Gasteiger partial charge in [0.25, 0.3) is 0 Å². The predicted octanol–water partition coefficient (Wildman–Crippen LogP) is 2.92. The molecule has 3 rings (SSSR count). The SMILES string of the molecule is COc1cc(C(=O)CN2Cc3cc(CO)c(C)nc3C2=N)cc(C(C)(C)C)c1O. The highest BCUT2D eigenvalue weighted by Gasteiger charge is 2.30. The number of rotatable bonds is 5. The molecule has 1 aromatic heterocycles. The van der Waals surface area contributed by atoms with Crippen LogP contribution >= 0.6 is 0 Å². The van der Waals surface area contributed by atoms with Gasteiger partial charge in [-0.2, -0.15) is 0 Å². The number of ketones is 1. The number of phenols is 1. The number of carbonyl (C=O) groups excluding carboxylic acids is 1.